The zero-order chi connectivity index (χ0) is 20.0. The molecule has 0 aromatic heterocycles. The van der Waals surface area contributed by atoms with Crippen LogP contribution in [0.4, 0.5) is 0 Å². The predicted octanol–water partition coefficient (Wildman–Crippen LogP) is -2.58. The van der Waals surface area contributed by atoms with Crippen molar-refractivity contribution in [2.24, 2.45) is 5.92 Å². The van der Waals surface area contributed by atoms with E-state index in [-0.39, 0.29) is 29.9 Å². The average molecular weight is 372 g/mol. The highest BCUT2D eigenvalue weighted by Crippen LogP contribution is 2.20. The summed E-state index contributed by atoms with van der Waals surface area (Å²) in [5.74, 6) is -1.63. The summed E-state index contributed by atoms with van der Waals surface area (Å²) in [5.41, 5.74) is 0.191. The number of aliphatic hydroxyl groups is 2. The molecule has 0 spiro atoms. The summed E-state index contributed by atoms with van der Waals surface area (Å²) in [4.78, 5) is 36.3. The molecule has 5 atom stereocenters. The number of nitrogens with two attached hydrogens (primary N) is 1. The molecule has 2 amide bonds. The molecule has 1 rings (SSSR count). The molecular weight excluding hydrogens is 342 g/mol. The van der Waals surface area contributed by atoms with E-state index in [0.29, 0.717) is 0 Å². The maximum Gasteiger partial charge on any atom is 0.328 e. The molecule has 9 nitrogen and oxygen atoms in total. The molecule has 6 N–H and O–H groups in total. The maximum atomic E-state index is 12.5. The van der Waals surface area contributed by atoms with Gasteiger partial charge in [0.05, 0.1) is 26.3 Å². The normalized spacial score (nSPS) is 25.1. The van der Waals surface area contributed by atoms with Crippen LogP contribution < -0.4 is 16.0 Å². The van der Waals surface area contributed by atoms with Crippen LogP contribution in [0.15, 0.2) is 11.6 Å². The minimum Gasteiger partial charge on any atom is -0.467 e. The van der Waals surface area contributed by atoms with Crippen LogP contribution in [0.1, 0.15) is 27.2 Å². The third-order valence-electron chi connectivity index (χ3n) is 4.49. The van der Waals surface area contributed by atoms with Gasteiger partial charge in [-0.3, -0.25) is 9.59 Å². The lowest BCUT2D eigenvalue weighted by molar-refractivity contribution is -0.646. The van der Waals surface area contributed by atoms with Gasteiger partial charge in [-0.2, -0.15) is 0 Å². The topological polar surface area (TPSA) is 142 Å². The predicted molar refractivity (Wildman–Crippen MR) is 92.7 cm³/mol. The number of amides is 2. The van der Waals surface area contributed by atoms with E-state index in [1.54, 1.807) is 33.1 Å². The smallest absolute Gasteiger partial charge is 0.328 e. The second-order valence-corrected chi connectivity index (χ2v) is 6.83. The number of hydrogen-bond donors (Lipinski definition) is 5. The van der Waals surface area contributed by atoms with Gasteiger partial charge >= 0.3 is 5.97 Å². The summed E-state index contributed by atoms with van der Waals surface area (Å²) in [7, 11) is 2.98. The van der Waals surface area contributed by atoms with Crippen LogP contribution in [-0.2, 0) is 19.1 Å². The van der Waals surface area contributed by atoms with E-state index in [2.05, 4.69) is 15.4 Å². The number of aliphatic hydroxyl groups excluding tert-OH is 2. The molecule has 0 aromatic carbocycles. The molecule has 0 fully saturated rings. The van der Waals surface area contributed by atoms with Gasteiger partial charge in [0.25, 0.3) is 5.91 Å². The first-order valence-corrected chi connectivity index (χ1v) is 8.67. The molecule has 1 aliphatic rings. The van der Waals surface area contributed by atoms with Gasteiger partial charge in [-0.05, 0) is 12.8 Å². The molecule has 0 unspecified atom stereocenters. The summed E-state index contributed by atoms with van der Waals surface area (Å²) < 4.78 is 4.69. The molecule has 1 aliphatic carbocycles. The van der Waals surface area contributed by atoms with Gasteiger partial charge in [-0.15, -0.1) is 0 Å². The van der Waals surface area contributed by atoms with Crippen molar-refractivity contribution in [3.63, 3.8) is 0 Å². The first kappa shape index (κ1) is 22.1. The lowest BCUT2D eigenvalue weighted by atomic mass is 9.89. The Morgan fingerprint density at radius 1 is 1.27 bits per heavy atom. The molecule has 148 valence electrons. The van der Waals surface area contributed by atoms with Crippen molar-refractivity contribution >= 4 is 17.8 Å². The monoisotopic (exact) mass is 372 g/mol. The average Bonchev–Trinajstić information content (AvgIpc) is 2.61. The Balaban J connectivity index is 2.95. The van der Waals surface area contributed by atoms with Crippen molar-refractivity contribution in [2.45, 2.75) is 57.5 Å². The molecule has 0 saturated heterocycles. The van der Waals surface area contributed by atoms with E-state index in [0.717, 1.165) is 0 Å². The van der Waals surface area contributed by atoms with Crippen LogP contribution in [0.3, 0.4) is 0 Å². The van der Waals surface area contributed by atoms with Crippen molar-refractivity contribution < 1.29 is 34.7 Å². The highest BCUT2D eigenvalue weighted by molar-refractivity contribution is 5.96. The van der Waals surface area contributed by atoms with Gasteiger partial charge in [0, 0.05) is 12.0 Å². The van der Waals surface area contributed by atoms with Crippen molar-refractivity contribution in [3.05, 3.63) is 11.6 Å². The second-order valence-electron chi connectivity index (χ2n) is 6.83. The van der Waals surface area contributed by atoms with Crippen LogP contribution in [0.25, 0.3) is 0 Å². The number of quaternary nitrogens is 1. The van der Waals surface area contributed by atoms with E-state index in [9.17, 15) is 24.6 Å². The number of nitrogens with one attached hydrogen (secondary N) is 2. The number of hydrogen-bond acceptors (Lipinski definition) is 6. The van der Waals surface area contributed by atoms with Crippen LogP contribution in [-0.4, -0.2) is 72.5 Å². The SMILES string of the molecule is C[NH2+][C@@H](C)C(=O)N[C@@H]1C=C(C(=O)N[C@@H](C(=O)OC)C(C)C)C[C@@H](O)[C@@H]1O. The Kier molecular flexibility index (Phi) is 8.19. The van der Waals surface area contributed by atoms with Crippen LogP contribution >= 0.6 is 0 Å². The minimum atomic E-state index is -1.22. The lowest BCUT2D eigenvalue weighted by Gasteiger charge is -2.32. The van der Waals surface area contributed by atoms with E-state index >= 15 is 0 Å². The number of carbonyl (C=O) groups is 3. The van der Waals surface area contributed by atoms with Crippen molar-refractivity contribution in [2.75, 3.05) is 14.2 Å². The van der Waals surface area contributed by atoms with Crippen molar-refractivity contribution in [3.8, 4) is 0 Å². The Labute approximate surface area is 153 Å². The molecule has 26 heavy (non-hydrogen) atoms. The second kappa shape index (κ2) is 9.65. The molecule has 9 heteroatoms. The van der Waals surface area contributed by atoms with Gasteiger partial charge in [0.2, 0.25) is 5.91 Å². The van der Waals surface area contributed by atoms with Crippen LogP contribution in [0.5, 0.6) is 0 Å². The van der Waals surface area contributed by atoms with Crippen molar-refractivity contribution in [1.82, 2.24) is 10.6 Å². The number of methoxy groups -OCH3 is 1. The standard InChI is InChI=1S/C17H29N3O6/c1-8(2)13(17(25)26-5)20-16(24)10-6-11(14(22)12(21)7-10)19-15(23)9(3)18-4/h6,8-9,11-14,18,21-22H,7H2,1-5H3,(H,19,23)(H,20,24)/p+1/t9-,11+,12+,13+,14+/m0/s1. The molecule has 0 bridgehead atoms. The first-order valence-electron chi connectivity index (χ1n) is 8.67. The summed E-state index contributed by atoms with van der Waals surface area (Å²) in [5, 5.41) is 27.1. The summed E-state index contributed by atoms with van der Waals surface area (Å²) in [6, 6.07) is -2.11. The van der Waals surface area contributed by atoms with Gasteiger partial charge in [-0.1, -0.05) is 19.9 Å². The fourth-order valence-corrected chi connectivity index (χ4v) is 2.57. The fraction of sp³-hybridized carbons (Fsp3) is 0.706. The quantitative estimate of drug-likeness (QED) is 0.311. The first-order chi connectivity index (χ1) is 12.1. The zero-order valence-corrected chi connectivity index (χ0v) is 15.9. The Hall–Kier alpha value is -1.97. The molecule has 0 aliphatic heterocycles. The number of likely N-dealkylation sites (N-methyl/N-ethyl adjacent to an activating group) is 1. The minimum absolute atomic E-state index is 0.0825. The number of rotatable bonds is 7. The van der Waals surface area contributed by atoms with E-state index in [1.165, 1.54) is 13.2 Å². The lowest BCUT2D eigenvalue weighted by Crippen LogP contribution is -2.88. The third kappa shape index (κ3) is 5.52. The summed E-state index contributed by atoms with van der Waals surface area (Å²) in [6.45, 7) is 5.23. The molecule has 0 aromatic rings. The maximum absolute atomic E-state index is 12.5. The van der Waals surface area contributed by atoms with Gasteiger partial charge in [-0.25, -0.2) is 4.79 Å². The van der Waals surface area contributed by atoms with Gasteiger partial charge < -0.3 is 30.9 Å². The van der Waals surface area contributed by atoms with Gasteiger partial charge in [0.1, 0.15) is 12.1 Å². The Morgan fingerprint density at radius 3 is 2.38 bits per heavy atom. The van der Waals surface area contributed by atoms with Gasteiger partial charge in [0.15, 0.2) is 6.04 Å². The summed E-state index contributed by atoms with van der Waals surface area (Å²) in [6.07, 6.45) is -1.09. The summed E-state index contributed by atoms with van der Waals surface area (Å²) >= 11 is 0. The largest absolute Gasteiger partial charge is 0.467 e. The van der Waals surface area contributed by atoms with Crippen LogP contribution in [0.2, 0.25) is 0 Å². The molecule has 0 heterocycles. The fourth-order valence-electron chi connectivity index (χ4n) is 2.57. The number of ether oxygens (including phenoxy) is 1. The highest BCUT2D eigenvalue weighted by Gasteiger charge is 2.36. The zero-order valence-electron chi connectivity index (χ0n) is 15.9. The van der Waals surface area contributed by atoms with Crippen LogP contribution in [0, 0.1) is 5.92 Å². The Bertz CT molecular complexity index is 563. The van der Waals surface area contributed by atoms with E-state index in [4.69, 9.17) is 0 Å². The number of esters is 1. The highest BCUT2D eigenvalue weighted by atomic mass is 16.5. The van der Waals surface area contributed by atoms with E-state index in [1.807, 2.05) is 0 Å². The molecule has 0 saturated carbocycles. The Morgan fingerprint density at radius 2 is 1.88 bits per heavy atom. The number of carbonyl (C=O) groups excluding carboxylic acids is 3. The van der Waals surface area contributed by atoms with Crippen molar-refractivity contribution in [1.29, 1.82) is 0 Å². The molecule has 0 radical (unpaired) electrons. The van der Waals surface area contributed by atoms with E-state index < -0.39 is 36.2 Å². The third-order valence-corrected chi connectivity index (χ3v) is 4.49. The molecular formula is C17H30N3O6+.